The lowest BCUT2D eigenvalue weighted by molar-refractivity contribution is 0.613. The average Bonchev–Trinajstić information content (AvgIpc) is 2.77. The van der Waals surface area contributed by atoms with Crippen LogP contribution in [0.1, 0.15) is 30.3 Å². The zero-order valence-corrected chi connectivity index (χ0v) is 12.2. The number of nitrogens with zero attached hydrogens (tertiary/aromatic N) is 3. The van der Waals surface area contributed by atoms with E-state index in [0.29, 0.717) is 23.1 Å². The van der Waals surface area contributed by atoms with Gasteiger partial charge in [0.1, 0.15) is 0 Å². The molecular formula is C13H16Cl2N4. The normalized spacial score (nSPS) is 10.9. The molecule has 102 valence electrons. The van der Waals surface area contributed by atoms with Crippen molar-refractivity contribution in [3.8, 4) is 0 Å². The smallest absolute Gasteiger partial charge is 0.0994 e. The predicted molar refractivity (Wildman–Crippen MR) is 77.5 cm³/mol. The Balaban J connectivity index is 2.27. The van der Waals surface area contributed by atoms with Gasteiger partial charge >= 0.3 is 0 Å². The molecule has 0 saturated heterocycles. The summed E-state index contributed by atoms with van der Waals surface area (Å²) in [5.41, 5.74) is 8.68. The molecule has 1 aromatic carbocycles. The molecule has 2 rings (SSSR count). The fourth-order valence-electron chi connectivity index (χ4n) is 1.98. The highest BCUT2D eigenvalue weighted by molar-refractivity contribution is 6.42. The van der Waals surface area contributed by atoms with Crippen molar-refractivity contribution in [3.63, 3.8) is 0 Å². The molecule has 0 bridgehead atoms. The van der Waals surface area contributed by atoms with Crippen molar-refractivity contribution in [2.75, 3.05) is 0 Å². The number of halogens is 2. The molecule has 0 aliphatic heterocycles. The van der Waals surface area contributed by atoms with E-state index in [0.717, 1.165) is 29.8 Å². The highest BCUT2D eigenvalue weighted by Crippen LogP contribution is 2.23. The maximum absolute atomic E-state index is 6.02. The van der Waals surface area contributed by atoms with Crippen LogP contribution in [-0.4, -0.2) is 15.0 Å². The van der Waals surface area contributed by atoms with Gasteiger partial charge in [0.2, 0.25) is 0 Å². The molecule has 19 heavy (non-hydrogen) atoms. The van der Waals surface area contributed by atoms with Crippen molar-refractivity contribution in [3.05, 3.63) is 45.2 Å². The van der Waals surface area contributed by atoms with E-state index in [1.165, 1.54) is 0 Å². The van der Waals surface area contributed by atoms with Crippen molar-refractivity contribution in [1.29, 1.82) is 0 Å². The second-order valence-electron chi connectivity index (χ2n) is 4.34. The molecule has 0 radical (unpaired) electrons. The van der Waals surface area contributed by atoms with E-state index < -0.39 is 0 Å². The van der Waals surface area contributed by atoms with Gasteiger partial charge in [0.15, 0.2) is 0 Å². The van der Waals surface area contributed by atoms with E-state index in [1.54, 1.807) is 6.07 Å². The van der Waals surface area contributed by atoms with Gasteiger partial charge in [-0.2, -0.15) is 0 Å². The number of nitrogens with two attached hydrogens (primary N) is 1. The predicted octanol–water partition coefficient (Wildman–Crippen LogP) is 3.04. The Morgan fingerprint density at radius 2 is 2.05 bits per heavy atom. The van der Waals surface area contributed by atoms with Crippen LogP contribution in [0.3, 0.4) is 0 Å². The van der Waals surface area contributed by atoms with Crippen molar-refractivity contribution < 1.29 is 0 Å². The van der Waals surface area contributed by atoms with Crippen LogP contribution < -0.4 is 5.73 Å². The molecule has 1 aromatic heterocycles. The SMILES string of the molecule is CCCc1c(CN)nnn1Cc1ccc(Cl)c(Cl)c1. The maximum atomic E-state index is 6.02. The molecule has 0 unspecified atom stereocenters. The van der Waals surface area contributed by atoms with Gasteiger partial charge < -0.3 is 5.73 Å². The van der Waals surface area contributed by atoms with Crippen LogP contribution in [0.15, 0.2) is 18.2 Å². The van der Waals surface area contributed by atoms with E-state index in [2.05, 4.69) is 17.2 Å². The number of rotatable bonds is 5. The van der Waals surface area contributed by atoms with Crippen molar-refractivity contribution in [1.82, 2.24) is 15.0 Å². The summed E-state index contributed by atoms with van der Waals surface area (Å²) in [5.74, 6) is 0. The third-order valence-electron chi connectivity index (χ3n) is 2.91. The molecule has 0 fully saturated rings. The highest BCUT2D eigenvalue weighted by Gasteiger charge is 2.11. The molecule has 0 aliphatic rings. The molecule has 1 heterocycles. The lowest BCUT2D eigenvalue weighted by Crippen LogP contribution is -2.08. The highest BCUT2D eigenvalue weighted by atomic mass is 35.5. The van der Waals surface area contributed by atoms with Gasteiger partial charge in [-0.25, -0.2) is 4.68 Å². The molecule has 0 saturated carbocycles. The second-order valence-corrected chi connectivity index (χ2v) is 5.16. The Kier molecular flexibility index (Phi) is 4.80. The molecule has 4 nitrogen and oxygen atoms in total. The van der Waals surface area contributed by atoms with E-state index in [1.807, 2.05) is 16.8 Å². The van der Waals surface area contributed by atoms with E-state index in [9.17, 15) is 0 Å². The minimum Gasteiger partial charge on any atom is -0.325 e. The zero-order chi connectivity index (χ0) is 13.8. The quantitative estimate of drug-likeness (QED) is 0.923. The van der Waals surface area contributed by atoms with Gasteiger partial charge in [0.05, 0.1) is 28.0 Å². The Hall–Kier alpha value is -1.10. The van der Waals surface area contributed by atoms with Gasteiger partial charge in [-0.1, -0.05) is 47.8 Å². The van der Waals surface area contributed by atoms with E-state index in [-0.39, 0.29) is 0 Å². The van der Waals surface area contributed by atoms with Gasteiger partial charge in [0.25, 0.3) is 0 Å². The standard InChI is InChI=1S/C13H16Cl2N4/c1-2-3-13-12(7-16)17-18-19(13)8-9-4-5-10(14)11(15)6-9/h4-6H,2-3,7-8,16H2,1H3. The topological polar surface area (TPSA) is 56.7 Å². The summed E-state index contributed by atoms with van der Waals surface area (Å²) >= 11 is 11.9. The fraction of sp³-hybridized carbons (Fsp3) is 0.385. The van der Waals surface area contributed by atoms with Crippen molar-refractivity contribution >= 4 is 23.2 Å². The molecular weight excluding hydrogens is 283 g/mol. The Labute approximate surface area is 122 Å². The Morgan fingerprint density at radius 3 is 2.68 bits per heavy atom. The zero-order valence-electron chi connectivity index (χ0n) is 10.7. The maximum Gasteiger partial charge on any atom is 0.0994 e. The summed E-state index contributed by atoms with van der Waals surface area (Å²) < 4.78 is 1.88. The van der Waals surface area contributed by atoms with Crippen LogP contribution in [0.2, 0.25) is 10.0 Å². The molecule has 0 atom stereocenters. The van der Waals surface area contributed by atoms with Crippen molar-refractivity contribution in [2.45, 2.75) is 32.9 Å². The van der Waals surface area contributed by atoms with Crippen LogP contribution in [-0.2, 0) is 19.5 Å². The average molecular weight is 299 g/mol. The number of hydrogen-bond acceptors (Lipinski definition) is 3. The summed E-state index contributed by atoms with van der Waals surface area (Å²) in [6.07, 6.45) is 1.95. The molecule has 0 spiro atoms. The monoisotopic (exact) mass is 298 g/mol. The third-order valence-corrected chi connectivity index (χ3v) is 3.65. The van der Waals surface area contributed by atoms with E-state index in [4.69, 9.17) is 28.9 Å². The van der Waals surface area contributed by atoms with Crippen molar-refractivity contribution in [2.24, 2.45) is 5.73 Å². The minimum atomic E-state index is 0.413. The molecule has 2 N–H and O–H groups in total. The van der Waals surface area contributed by atoms with Gasteiger partial charge in [-0.15, -0.1) is 5.10 Å². The first kappa shape index (κ1) is 14.3. The second kappa shape index (κ2) is 6.37. The summed E-state index contributed by atoms with van der Waals surface area (Å²) in [5, 5.41) is 9.39. The number of benzene rings is 1. The van der Waals surface area contributed by atoms with Crippen LogP contribution >= 0.6 is 23.2 Å². The van der Waals surface area contributed by atoms with Crippen LogP contribution in [0, 0.1) is 0 Å². The Morgan fingerprint density at radius 1 is 1.26 bits per heavy atom. The summed E-state index contributed by atoms with van der Waals surface area (Å²) in [4.78, 5) is 0. The largest absolute Gasteiger partial charge is 0.325 e. The number of aromatic nitrogens is 3. The van der Waals surface area contributed by atoms with Crippen LogP contribution in [0.4, 0.5) is 0 Å². The van der Waals surface area contributed by atoms with Gasteiger partial charge in [-0.3, -0.25) is 0 Å². The lowest BCUT2D eigenvalue weighted by Gasteiger charge is -2.07. The molecule has 0 aliphatic carbocycles. The van der Waals surface area contributed by atoms with Crippen LogP contribution in [0.25, 0.3) is 0 Å². The molecule has 2 aromatic rings. The lowest BCUT2D eigenvalue weighted by atomic mass is 10.2. The first-order chi connectivity index (χ1) is 9.15. The van der Waals surface area contributed by atoms with Gasteiger partial charge in [-0.05, 0) is 24.1 Å². The summed E-state index contributed by atoms with van der Waals surface area (Å²) in [7, 11) is 0. The van der Waals surface area contributed by atoms with Gasteiger partial charge in [0, 0.05) is 6.54 Å². The van der Waals surface area contributed by atoms with Crippen LogP contribution in [0.5, 0.6) is 0 Å². The summed E-state index contributed by atoms with van der Waals surface area (Å²) in [6, 6.07) is 5.58. The Bertz CT molecular complexity index is 566. The van der Waals surface area contributed by atoms with E-state index >= 15 is 0 Å². The summed E-state index contributed by atoms with van der Waals surface area (Å²) in [6.45, 7) is 3.16. The fourth-order valence-corrected chi connectivity index (χ4v) is 2.30. The molecule has 0 amide bonds. The number of hydrogen-bond donors (Lipinski definition) is 1. The minimum absolute atomic E-state index is 0.413. The first-order valence-electron chi connectivity index (χ1n) is 6.21. The molecule has 6 heteroatoms. The first-order valence-corrected chi connectivity index (χ1v) is 6.96. The third kappa shape index (κ3) is 3.26.